The van der Waals surface area contributed by atoms with E-state index in [4.69, 9.17) is 17.0 Å². The first-order valence-electron chi connectivity index (χ1n) is 8.47. The number of halogens is 1. The van der Waals surface area contributed by atoms with Gasteiger partial charge in [-0.15, -0.1) is 0 Å². The van der Waals surface area contributed by atoms with E-state index in [-0.39, 0.29) is 15.8 Å². The Hall–Kier alpha value is -3.17. The molecule has 0 aliphatic carbocycles. The van der Waals surface area contributed by atoms with Crippen molar-refractivity contribution in [2.45, 2.75) is 4.90 Å². The van der Waals surface area contributed by atoms with E-state index in [1.807, 2.05) is 0 Å². The molecule has 0 amide bonds. The zero-order valence-corrected chi connectivity index (χ0v) is 17.0. The van der Waals surface area contributed by atoms with Crippen molar-refractivity contribution in [2.24, 2.45) is 0 Å². The van der Waals surface area contributed by atoms with E-state index in [0.717, 1.165) is 0 Å². The fraction of sp³-hybridized carbons (Fsp3) is 0.0500. The molecule has 6 nitrogen and oxygen atoms in total. The van der Waals surface area contributed by atoms with Crippen LogP contribution in [0, 0.1) is 5.82 Å². The van der Waals surface area contributed by atoms with E-state index in [1.165, 1.54) is 31.4 Å². The summed E-state index contributed by atoms with van der Waals surface area (Å²) in [7, 11) is -2.33. The Balaban J connectivity index is 1.68. The first kappa shape index (κ1) is 20.6. The summed E-state index contributed by atoms with van der Waals surface area (Å²) in [6.07, 6.45) is 0. The molecular weight excluding hydrogens is 413 g/mol. The van der Waals surface area contributed by atoms with Crippen LogP contribution in [-0.2, 0) is 10.0 Å². The molecule has 3 N–H and O–H groups in total. The van der Waals surface area contributed by atoms with Crippen LogP contribution in [0.25, 0.3) is 0 Å². The molecular formula is C20H18FN3O3S2. The summed E-state index contributed by atoms with van der Waals surface area (Å²) in [5, 5.41) is 6.02. The monoisotopic (exact) mass is 431 g/mol. The summed E-state index contributed by atoms with van der Waals surface area (Å²) >= 11 is 5.19. The molecule has 0 aromatic heterocycles. The minimum absolute atomic E-state index is 0.0814. The normalized spacial score (nSPS) is 10.8. The van der Waals surface area contributed by atoms with E-state index in [1.54, 1.807) is 48.5 Å². The molecule has 0 saturated carbocycles. The third-order valence-electron chi connectivity index (χ3n) is 3.86. The number of thiocarbonyl (C=S) groups is 1. The van der Waals surface area contributed by atoms with Crippen molar-refractivity contribution in [3.8, 4) is 5.75 Å². The lowest BCUT2D eigenvalue weighted by molar-refractivity contribution is 0.417. The Labute approximate surface area is 173 Å². The van der Waals surface area contributed by atoms with E-state index in [2.05, 4.69) is 15.4 Å². The van der Waals surface area contributed by atoms with E-state index < -0.39 is 10.0 Å². The third kappa shape index (κ3) is 5.43. The van der Waals surface area contributed by atoms with Crippen molar-refractivity contribution in [3.05, 3.63) is 78.6 Å². The maximum absolute atomic E-state index is 13.2. The lowest BCUT2D eigenvalue weighted by Crippen LogP contribution is -2.19. The van der Waals surface area contributed by atoms with E-state index in [9.17, 15) is 12.8 Å². The summed E-state index contributed by atoms with van der Waals surface area (Å²) in [6.45, 7) is 0. The lowest BCUT2D eigenvalue weighted by Gasteiger charge is -2.13. The van der Waals surface area contributed by atoms with Crippen molar-refractivity contribution in [1.29, 1.82) is 0 Å². The number of para-hydroxylation sites is 2. The van der Waals surface area contributed by atoms with Crippen LogP contribution >= 0.6 is 12.2 Å². The first-order chi connectivity index (χ1) is 13.9. The Morgan fingerprint density at radius 2 is 1.62 bits per heavy atom. The minimum Gasteiger partial charge on any atom is -0.495 e. The molecule has 0 unspecified atom stereocenters. The van der Waals surface area contributed by atoms with Gasteiger partial charge in [-0.1, -0.05) is 18.2 Å². The topological polar surface area (TPSA) is 79.5 Å². The van der Waals surface area contributed by atoms with Crippen LogP contribution in [0.15, 0.2) is 77.7 Å². The lowest BCUT2D eigenvalue weighted by atomic mass is 10.3. The number of sulfonamides is 1. The fourth-order valence-electron chi connectivity index (χ4n) is 2.51. The van der Waals surface area contributed by atoms with Crippen molar-refractivity contribution < 1.29 is 17.5 Å². The Morgan fingerprint density at radius 1 is 0.931 bits per heavy atom. The zero-order chi connectivity index (χ0) is 20.9. The molecule has 0 heterocycles. The molecule has 0 radical (unpaired) electrons. The predicted molar refractivity (Wildman–Crippen MR) is 116 cm³/mol. The van der Waals surface area contributed by atoms with Gasteiger partial charge in [-0.2, -0.15) is 0 Å². The van der Waals surface area contributed by atoms with Gasteiger partial charge in [0.25, 0.3) is 10.0 Å². The largest absolute Gasteiger partial charge is 0.495 e. The molecule has 9 heteroatoms. The van der Waals surface area contributed by atoms with Gasteiger partial charge >= 0.3 is 0 Å². The van der Waals surface area contributed by atoms with Crippen molar-refractivity contribution in [2.75, 3.05) is 22.5 Å². The molecule has 0 aliphatic heterocycles. The highest BCUT2D eigenvalue weighted by atomic mass is 32.2. The van der Waals surface area contributed by atoms with Crippen molar-refractivity contribution in [3.63, 3.8) is 0 Å². The van der Waals surface area contributed by atoms with Gasteiger partial charge in [-0.3, -0.25) is 4.72 Å². The van der Waals surface area contributed by atoms with Gasteiger partial charge in [-0.25, -0.2) is 12.8 Å². The molecule has 0 aliphatic rings. The summed E-state index contributed by atoms with van der Waals surface area (Å²) in [5.41, 5.74) is 1.43. The summed E-state index contributed by atoms with van der Waals surface area (Å²) in [6, 6.07) is 18.7. The SMILES string of the molecule is COc1ccccc1NS(=O)(=O)c1ccc(NC(=S)Nc2cccc(F)c2)cc1. The summed E-state index contributed by atoms with van der Waals surface area (Å²) in [4.78, 5) is 0.0814. The average molecular weight is 432 g/mol. The number of nitrogens with one attached hydrogen (secondary N) is 3. The van der Waals surface area contributed by atoms with Crippen LogP contribution in [-0.4, -0.2) is 20.6 Å². The van der Waals surface area contributed by atoms with Gasteiger partial charge in [0.15, 0.2) is 5.11 Å². The van der Waals surface area contributed by atoms with Gasteiger partial charge in [0, 0.05) is 11.4 Å². The average Bonchev–Trinajstić information content (AvgIpc) is 2.68. The highest BCUT2D eigenvalue weighted by Crippen LogP contribution is 2.26. The predicted octanol–water partition coefficient (Wildman–Crippen LogP) is 4.44. The third-order valence-corrected chi connectivity index (χ3v) is 5.44. The number of ether oxygens (including phenoxy) is 1. The number of methoxy groups -OCH3 is 1. The van der Waals surface area contributed by atoms with Crippen LogP contribution in [0.2, 0.25) is 0 Å². The van der Waals surface area contributed by atoms with Gasteiger partial charge < -0.3 is 15.4 Å². The molecule has 0 spiro atoms. The second kappa shape index (κ2) is 8.89. The van der Waals surface area contributed by atoms with E-state index >= 15 is 0 Å². The van der Waals surface area contributed by atoms with Crippen LogP contribution < -0.4 is 20.1 Å². The quantitative estimate of drug-likeness (QED) is 0.501. The van der Waals surface area contributed by atoms with Crippen molar-refractivity contribution >= 4 is 44.4 Å². The van der Waals surface area contributed by atoms with Gasteiger partial charge in [0.1, 0.15) is 11.6 Å². The van der Waals surface area contributed by atoms with Gasteiger partial charge in [0.05, 0.1) is 17.7 Å². The van der Waals surface area contributed by atoms with Crippen LogP contribution in [0.1, 0.15) is 0 Å². The van der Waals surface area contributed by atoms with Gasteiger partial charge in [-0.05, 0) is 66.8 Å². The summed E-state index contributed by atoms with van der Waals surface area (Å²) < 4.78 is 46.1. The summed E-state index contributed by atoms with van der Waals surface area (Å²) in [5.74, 6) is 0.0399. The number of benzene rings is 3. The first-order valence-corrected chi connectivity index (χ1v) is 10.4. The van der Waals surface area contributed by atoms with Crippen LogP contribution in [0.4, 0.5) is 21.5 Å². The molecule has 0 fully saturated rings. The smallest absolute Gasteiger partial charge is 0.262 e. The van der Waals surface area contributed by atoms with Crippen LogP contribution in [0.5, 0.6) is 5.75 Å². The number of hydrogen-bond acceptors (Lipinski definition) is 4. The minimum atomic E-state index is -3.79. The zero-order valence-electron chi connectivity index (χ0n) is 15.3. The standard InChI is InChI=1S/C20H18FN3O3S2/c1-27-19-8-3-2-7-18(19)24-29(25,26)17-11-9-15(10-12-17)22-20(28)23-16-6-4-5-14(21)13-16/h2-13,24H,1H3,(H2,22,23,28). The Morgan fingerprint density at radius 3 is 2.31 bits per heavy atom. The number of hydrogen-bond donors (Lipinski definition) is 3. The maximum Gasteiger partial charge on any atom is 0.262 e. The highest BCUT2D eigenvalue weighted by Gasteiger charge is 2.16. The Kier molecular flexibility index (Phi) is 6.30. The molecule has 3 rings (SSSR count). The molecule has 0 bridgehead atoms. The maximum atomic E-state index is 13.2. The second-order valence-electron chi connectivity index (χ2n) is 5.92. The molecule has 3 aromatic carbocycles. The van der Waals surface area contributed by atoms with Crippen LogP contribution in [0.3, 0.4) is 0 Å². The van der Waals surface area contributed by atoms with E-state index in [0.29, 0.717) is 22.8 Å². The number of anilines is 3. The Bertz CT molecular complexity index is 1120. The molecule has 0 atom stereocenters. The molecule has 29 heavy (non-hydrogen) atoms. The highest BCUT2D eigenvalue weighted by molar-refractivity contribution is 7.92. The fourth-order valence-corrected chi connectivity index (χ4v) is 3.82. The van der Waals surface area contributed by atoms with Gasteiger partial charge in [0.2, 0.25) is 0 Å². The molecule has 150 valence electrons. The molecule has 3 aromatic rings. The second-order valence-corrected chi connectivity index (χ2v) is 8.01. The van der Waals surface area contributed by atoms with Crippen molar-refractivity contribution in [1.82, 2.24) is 0 Å². The number of rotatable bonds is 6. The molecule has 0 saturated heterocycles.